The molecule has 0 aromatic carbocycles. The number of carbonyl (C=O) groups is 2. The molecule has 0 aromatic rings. The second kappa shape index (κ2) is 17.7. The summed E-state index contributed by atoms with van der Waals surface area (Å²) in [6.45, 7) is 5.31. The Bertz CT molecular complexity index is 386. The fraction of sp³-hybridized carbons (Fsp3) is 0.826. The maximum absolute atomic E-state index is 11.3. The third-order valence-electron chi connectivity index (χ3n) is 4.81. The summed E-state index contributed by atoms with van der Waals surface area (Å²) in [5.41, 5.74) is 0. The van der Waals surface area contributed by atoms with Gasteiger partial charge in [0.05, 0.1) is 5.92 Å². The number of hydrogen-bond donors (Lipinski definition) is 0. The van der Waals surface area contributed by atoms with Gasteiger partial charge in [-0.05, 0) is 33.1 Å². The number of hydrogen-bond acceptors (Lipinski definition) is 2. The van der Waals surface area contributed by atoms with Gasteiger partial charge in [-0.25, -0.2) is 0 Å². The lowest BCUT2D eigenvalue weighted by atomic mass is 9.93. The molecule has 0 N–H and O–H groups in total. The molecule has 0 saturated carbocycles. The van der Waals surface area contributed by atoms with Crippen LogP contribution >= 0.6 is 0 Å². The quantitative estimate of drug-likeness (QED) is 0.178. The second-order valence-electron chi connectivity index (χ2n) is 7.31. The summed E-state index contributed by atoms with van der Waals surface area (Å²) in [6.07, 6.45) is 17.9. The molecule has 2 nitrogen and oxygen atoms in total. The van der Waals surface area contributed by atoms with Crippen LogP contribution in [0.2, 0.25) is 0 Å². The summed E-state index contributed by atoms with van der Waals surface area (Å²) in [5, 5.41) is 0. The van der Waals surface area contributed by atoms with Gasteiger partial charge in [-0.1, -0.05) is 71.1 Å². The fourth-order valence-corrected chi connectivity index (χ4v) is 3.13. The molecule has 0 aliphatic heterocycles. The van der Waals surface area contributed by atoms with Crippen LogP contribution in [0.3, 0.4) is 0 Å². The van der Waals surface area contributed by atoms with E-state index < -0.39 is 0 Å². The summed E-state index contributed by atoms with van der Waals surface area (Å²) in [4.78, 5) is 22.7. The van der Waals surface area contributed by atoms with Crippen LogP contribution in [0.1, 0.15) is 117 Å². The zero-order chi connectivity index (χ0) is 18.8. The first kappa shape index (κ1) is 23.9. The molecular weight excluding hydrogens is 308 g/mol. The van der Waals surface area contributed by atoms with Gasteiger partial charge < -0.3 is 0 Å². The van der Waals surface area contributed by atoms with Crippen LogP contribution in [0.4, 0.5) is 0 Å². The smallest absolute Gasteiger partial charge is 0.140 e. The molecule has 25 heavy (non-hydrogen) atoms. The fourth-order valence-electron chi connectivity index (χ4n) is 3.13. The van der Waals surface area contributed by atoms with Gasteiger partial charge in [0.25, 0.3) is 0 Å². The average molecular weight is 349 g/mol. The molecular formula is C23H40O2. The van der Waals surface area contributed by atoms with Crippen molar-refractivity contribution in [2.24, 2.45) is 5.92 Å². The molecule has 0 radical (unpaired) electrons. The topological polar surface area (TPSA) is 34.1 Å². The molecule has 0 spiro atoms. The maximum atomic E-state index is 11.3. The summed E-state index contributed by atoms with van der Waals surface area (Å²) < 4.78 is 0. The molecule has 144 valence electrons. The van der Waals surface area contributed by atoms with Crippen molar-refractivity contribution < 1.29 is 9.59 Å². The number of Topliss-reactive ketones (excluding diaryl/α,β-unsaturated/α-hetero) is 2. The van der Waals surface area contributed by atoms with Gasteiger partial charge in [0.1, 0.15) is 11.6 Å². The van der Waals surface area contributed by atoms with Gasteiger partial charge in [0, 0.05) is 12.8 Å². The highest BCUT2D eigenvalue weighted by Gasteiger charge is 2.18. The van der Waals surface area contributed by atoms with Crippen molar-refractivity contribution in [1.82, 2.24) is 0 Å². The minimum absolute atomic E-state index is 0.0204. The van der Waals surface area contributed by atoms with Gasteiger partial charge in [-0.3, -0.25) is 9.59 Å². The Morgan fingerprint density at radius 3 is 1.48 bits per heavy atom. The highest BCUT2D eigenvalue weighted by atomic mass is 16.1. The lowest BCUT2D eigenvalue weighted by Crippen LogP contribution is -2.19. The van der Waals surface area contributed by atoms with Gasteiger partial charge in [-0.15, -0.1) is 11.8 Å². The Morgan fingerprint density at radius 1 is 0.640 bits per heavy atom. The largest absolute Gasteiger partial charge is 0.299 e. The number of unbranched alkanes of at least 4 members (excludes halogenated alkanes) is 12. The van der Waals surface area contributed by atoms with Crippen molar-refractivity contribution in [3.8, 4) is 11.8 Å². The van der Waals surface area contributed by atoms with E-state index in [1.807, 2.05) is 0 Å². The maximum Gasteiger partial charge on any atom is 0.140 e. The van der Waals surface area contributed by atoms with Crippen LogP contribution < -0.4 is 0 Å². The molecule has 0 aliphatic rings. The lowest BCUT2D eigenvalue weighted by molar-refractivity contribution is -0.130. The highest BCUT2D eigenvalue weighted by molar-refractivity contribution is 6.00. The van der Waals surface area contributed by atoms with E-state index in [0.29, 0.717) is 0 Å². The minimum Gasteiger partial charge on any atom is -0.299 e. The summed E-state index contributed by atoms with van der Waals surface area (Å²) >= 11 is 0. The van der Waals surface area contributed by atoms with E-state index in [-0.39, 0.29) is 17.5 Å². The van der Waals surface area contributed by atoms with Crippen molar-refractivity contribution in [3.63, 3.8) is 0 Å². The third kappa shape index (κ3) is 16.1. The van der Waals surface area contributed by atoms with Crippen LogP contribution in [-0.4, -0.2) is 11.6 Å². The van der Waals surface area contributed by atoms with E-state index in [2.05, 4.69) is 18.8 Å². The van der Waals surface area contributed by atoms with Gasteiger partial charge >= 0.3 is 0 Å². The molecule has 0 amide bonds. The Labute approximate surface area is 156 Å². The second-order valence-corrected chi connectivity index (χ2v) is 7.31. The van der Waals surface area contributed by atoms with Crippen LogP contribution in [0.15, 0.2) is 0 Å². The van der Waals surface area contributed by atoms with E-state index in [4.69, 9.17) is 0 Å². The third-order valence-corrected chi connectivity index (χ3v) is 4.81. The zero-order valence-corrected chi connectivity index (χ0v) is 17.0. The molecule has 0 fully saturated rings. The van der Waals surface area contributed by atoms with E-state index in [0.717, 1.165) is 32.1 Å². The number of ketones is 2. The van der Waals surface area contributed by atoms with Crippen LogP contribution in [0, 0.1) is 17.8 Å². The van der Waals surface area contributed by atoms with Crippen LogP contribution in [0.5, 0.6) is 0 Å². The molecule has 0 aromatic heterocycles. The van der Waals surface area contributed by atoms with Gasteiger partial charge in [0.15, 0.2) is 0 Å². The Kier molecular flexibility index (Phi) is 16.9. The molecule has 0 unspecified atom stereocenters. The van der Waals surface area contributed by atoms with Crippen molar-refractivity contribution in [2.75, 3.05) is 0 Å². The Hall–Kier alpha value is -1.10. The first-order chi connectivity index (χ1) is 12.1. The Morgan fingerprint density at radius 2 is 1.04 bits per heavy atom. The van der Waals surface area contributed by atoms with E-state index in [9.17, 15) is 9.59 Å². The summed E-state index contributed by atoms with van der Waals surface area (Å²) in [7, 11) is 0. The number of rotatable bonds is 16. The van der Waals surface area contributed by atoms with Crippen molar-refractivity contribution in [3.05, 3.63) is 0 Å². The molecule has 0 rings (SSSR count). The molecule has 0 aliphatic carbocycles. The molecule has 0 atom stereocenters. The van der Waals surface area contributed by atoms with Crippen LogP contribution in [0.25, 0.3) is 0 Å². The monoisotopic (exact) mass is 348 g/mol. The predicted octanol–water partition coefficient (Wildman–Crippen LogP) is 6.66. The summed E-state index contributed by atoms with van der Waals surface area (Å²) in [6, 6.07) is 0. The van der Waals surface area contributed by atoms with Crippen molar-refractivity contribution >= 4 is 11.6 Å². The molecule has 0 saturated heterocycles. The lowest BCUT2D eigenvalue weighted by Gasteiger charge is -2.09. The predicted molar refractivity (Wildman–Crippen MR) is 108 cm³/mol. The van der Waals surface area contributed by atoms with Gasteiger partial charge in [0.2, 0.25) is 0 Å². The standard InChI is InChI=1S/C23H40O2/c1-4-5-6-7-8-9-10-11-12-13-14-15-16-17-18-19-20-23(21(2)24)22(3)25/h23H,4-10,13-20H2,1-3H3. The normalized spacial score (nSPS) is 10.6. The van der Waals surface area contributed by atoms with Crippen molar-refractivity contribution in [1.29, 1.82) is 0 Å². The molecule has 0 heterocycles. The molecule has 0 bridgehead atoms. The van der Waals surface area contributed by atoms with E-state index in [1.54, 1.807) is 0 Å². The first-order valence-corrected chi connectivity index (χ1v) is 10.6. The SMILES string of the molecule is CCCCCCCCC#CCCCCCCCCC(C(C)=O)C(C)=O. The van der Waals surface area contributed by atoms with Crippen molar-refractivity contribution in [2.45, 2.75) is 117 Å². The Balaban J connectivity index is 3.35. The first-order valence-electron chi connectivity index (χ1n) is 10.6. The van der Waals surface area contributed by atoms with E-state index >= 15 is 0 Å². The van der Waals surface area contributed by atoms with E-state index in [1.165, 1.54) is 78.1 Å². The summed E-state index contributed by atoms with van der Waals surface area (Å²) in [5.74, 6) is 6.29. The zero-order valence-electron chi connectivity index (χ0n) is 17.0. The average Bonchev–Trinajstić information content (AvgIpc) is 2.57. The van der Waals surface area contributed by atoms with Crippen LogP contribution in [-0.2, 0) is 9.59 Å². The minimum atomic E-state index is -0.359. The number of carbonyl (C=O) groups excluding carboxylic acids is 2. The highest BCUT2D eigenvalue weighted by Crippen LogP contribution is 2.14. The van der Waals surface area contributed by atoms with Gasteiger partial charge in [-0.2, -0.15) is 0 Å². The molecule has 2 heteroatoms.